The summed E-state index contributed by atoms with van der Waals surface area (Å²) < 4.78 is 0. The fraction of sp³-hybridized carbons (Fsp3) is 0.900. The molecule has 80 valence electrons. The van der Waals surface area contributed by atoms with Crippen LogP contribution in [-0.4, -0.2) is 50.7 Å². The molecule has 1 aliphatic heterocycles. The summed E-state index contributed by atoms with van der Waals surface area (Å²) in [5.74, 6) is 0. The van der Waals surface area contributed by atoms with Gasteiger partial charge in [-0.25, -0.2) is 0 Å². The Balaban J connectivity index is 2.34. The van der Waals surface area contributed by atoms with Gasteiger partial charge in [-0.05, 0) is 40.0 Å². The Morgan fingerprint density at radius 1 is 1.43 bits per heavy atom. The zero-order chi connectivity index (χ0) is 10.4. The predicted octanol–water partition coefficient (Wildman–Crippen LogP) is -0.217. The van der Waals surface area contributed by atoms with Crippen molar-refractivity contribution in [1.29, 1.82) is 5.26 Å². The van der Waals surface area contributed by atoms with Gasteiger partial charge in [-0.15, -0.1) is 0 Å². The van der Waals surface area contributed by atoms with Crippen LogP contribution in [0.1, 0.15) is 12.8 Å². The molecule has 0 spiro atoms. The van der Waals surface area contributed by atoms with Crippen molar-refractivity contribution in [2.24, 2.45) is 0 Å². The van der Waals surface area contributed by atoms with E-state index in [1.54, 1.807) is 0 Å². The van der Waals surface area contributed by atoms with E-state index in [0.29, 0.717) is 0 Å². The zero-order valence-electron chi connectivity index (χ0n) is 9.14. The van der Waals surface area contributed by atoms with Crippen LogP contribution in [0.2, 0.25) is 0 Å². The van der Waals surface area contributed by atoms with E-state index in [9.17, 15) is 0 Å². The third-order valence-electron chi connectivity index (χ3n) is 2.69. The van der Waals surface area contributed by atoms with Crippen LogP contribution in [0.15, 0.2) is 0 Å². The van der Waals surface area contributed by atoms with E-state index >= 15 is 0 Å². The molecule has 0 aromatic rings. The monoisotopic (exact) mass is 196 g/mol. The van der Waals surface area contributed by atoms with Gasteiger partial charge in [0.2, 0.25) is 0 Å². The van der Waals surface area contributed by atoms with E-state index in [1.807, 2.05) is 14.1 Å². The molecule has 0 aliphatic carbocycles. The molecule has 4 heteroatoms. The smallest absolute Gasteiger partial charge is 0.109 e. The van der Waals surface area contributed by atoms with Crippen molar-refractivity contribution >= 4 is 0 Å². The van der Waals surface area contributed by atoms with Crippen LogP contribution in [0.5, 0.6) is 0 Å². The summed E-state index contributed by atoms with van der Waals surface area (Å²) in [5.41, 5.74) is -0.277. The maximum atomic E-state index is 9.15. The van der Waals surface area contributed by atoms with Gasteiger partial charge in [-0.1, -0.05) is 0 Å². The summed E-state index contributed by atoms with van der Waals surface area (Å²) in [5, 5.41) is 15.8. The minimum Gasteiger partial charge on any atom is -0.317 e. The van der Waals surface area contributed by atoms with Gasteiger partial charge in [-0.3, -0.25) is 5.32 Å². The maximum absolute atomic E-state index is 9.15. The summed E-state index contributed by atoms with van der Waals surface area (Å²) in [6.45, 7) is 3.77. The number of rotatable bonds is 4. The standard InChI is InChI=1S/C10H20N4/c1-14(2)8-7-13-10(9-11)3-5-12-6-4-10/h12-13H,3-8H2,1-2H3. The first kappa shape index (κ1) is 11.4. The Morgan fingerprint density at radius 2 is 2.07 bits per heavy atom. The highest BCUT2D eigenvalue weighted by atomic mass is 15.1. The molecular weight excluding hydrogens is 176 g/mol. The lowest BCUT2D eigenvalue weighted by molar-refractivity contribution is 0.292. The maximum Gasteiger partial charge on any atom is 0.109 e. The SMILES string of the molecule is CN(C)CCNC1(C#N)CCNCC1. The van der Waals surface area contributed by atoms with Crippen molar-refractivity contribution in [3.05, 3.63) is 0 Å². The van der Waals surface area contributed by atoms with E-state index < -0.39 is 0 Å². The molecule has 1 rings (SSSR count). The Hall–Kier alpha value is -0.630. The van der Waals surface area contributed by atoms with Gasteiger partial charge in [0.05, 0.1) is 6.07 Å². The van der Waals surface area contributed by atoms with Gasteiger partial charge >= 0.3 is 0 Å². The first-order chi connectivity index (χ1) is 6.68. The normalized spacial score (nSPS) is 20.7. The van der Waals surface area contributed by atoms with Crippen LogP contribution in [0.3, 0.4) is 0 Å². The average molecular weight is 196 g/mol. The fourth-order valence-corrected chi connectivity index (χ4v) is 1.70. The molecule has 1 aliphatic rings. The molecule has 0 unspecified atom stereocenters. The van der Waals surface area contributed by atoms with Crippen LogP contribution in [0.25, 0.3) is 0 Å². The average Bonchev–Trinajstić information content (AvgIpc) is 2.19. The molecule has 0 aromatic carbocycles. The van der Waals surface area contributed by atoms with Crippen molar-refractivity contribution in [1.82, 2.24) is 15.5 Å². The van der Waals surface area contributed by atoms with Crippen molar-refractivity contribution in [2.75, 3.05) is 40.3 Å². The number of nitrogens with one attached hydrogen (secondary N) is 2. The molecule has 0 atom stereocenters. The third kappa shape index (κ3) is 3.26. The molecular formula is C10H20N4. The van der Waals surface area contributed by atoms with E-state index in [1.165, 1.54) is 0 Å². The minimum absolute atomic E-state index is 0.277. The number of nitriles is 1. The van der Waals surface area contributed by atoms with E-state index in [0.717, 1.165) is 39.0 Å². The number of likely N-dealkylation sites (N-methyl/N-ethyl adjacent to an activating group) is 1. The molecule has 1 heterocycles. The molecule has 4 nitrogen and oxygen atoms in total. The van der Waals surface area contributed by atoms with E-state index in [-0.39, 0.29) is 5.54 Å². The molecule has 0 bridgehead atoms. The number of nitrogens with zero attached hydrogens (tertiary/aromatic N) is 2. The molecule has 0 amide bonds. The second kappa shape index (κ2) is 5.30. The van der Waals surface area contributed by atoms with Crippen molar-refractivity contribution in [3.8, 4) is 6.07 Å². The van der Waals surface area contributed by atoms with Crippen molar-refractivity contribution in [3.63, 3.8) is 0 Å². The van der Waals surface area contributed by atoms with Gasteiger partial charge in [-0.2, -0.15) is 5.26 Å². The van der Waals surface area contributed by atoms with Gasteiger partial charge in [0.1, 0.15) is 5.54 Å². The summed E-state index contributed by atoms with van der Waals surface area (Å²) in [6, 6.07) is 2.42. The third-order valence-corrected chi connectivity index (χ3v) is 2.69. The Morgan fingerprint density at radius 3 is 2.57 bits per heavy atom. The highest BCUT2D eigenvalue weighted by molar-refractivity contribution is 5.09. The lowest BCUT2D eigenvalue weighted by Gasteiger charge is -2.32. The summed E-state index contributed by atoms with van der Waals surface area (Å²) >= 11 is 0. The zero-order valence-corrected chi connectivity index (χ0v) is 9.14. The summed E-state index contributed by atoms with van der Waals surface area (Å²) in [6.07, 6.45) is 1.83. The molecule has 0 radical (unpaired) electrons. The molecule has 0 aromatic heterocycles. The second-order valence-corrected chi connectivity index (χ2v) is 4.17. The lowest BCUT2D eigenvalue weighted by Crippen LogP contribution is -2.52. The van der Waals surface area contributed by atoms with Gasteiger partial charge in [0, 0.05) is 13.1 Å². The topological polar surface area (TPSA) is 51.1 Å². The first-order valence-electron chi connectivity index (χ1n) is 5.20. The van der Waals surface area contributed by atoms with E-state index in [2.05, 4.69) is 21.6 Å². The van der Waals surface area contributed by atoms with Gasteiger partial charge < -0.3 is 10.2 Å². The van der Waals surface area contributed by atoms with Crippen molar-refractivity contribution in [2.45, 2.75) is 18.4 Å². The Bertz CT molecular complexity index is 201. The summed E-state index contributed by atoms with van der Waals surface area (Å²) in [7, 11) is 4.09. The number of hydrogen-bond acceptors (Lipinski definition) is 4. The molecule has 2 N–H and O–H groups in total. The molecule has 14 heavy (non-hydrogen) atoms. The lowest BCUT2D eigenvalue weighted by atomic mass is 9.90. The Kier molecular flexibility index (Phi) is 4.33. The number of hydrogen-bond donors (Lipinski definition) is 2. The van der Waals surface area contributed by atoms with Crippen LogP contribution < -0.4 is 10.6 Å². The van der Waals surface area contributed by atoms with Gasteiger partial charge in [0.25, 0.3) is 0 Å². The summed E-state index contributed by atoms with van der Waals surface area (Å²) in [4.78, 5) is 2.12. The van der Waals surface area contributed by atoms with Crippen LogP contribution >= 0.6 is 0 Å². The highest BCUT2D eigenvalue weighted by Gasteiger charge is 2.30. The van der Waals surface area contributed by atoms with E-state index in [4.69, 9.17) is 5.26 Å². The van der Waals surface area contributed by atoms with Crippen LogP contribution in [-0.2, 0) is 0 Å². The van der Waals surface area contributed by atoms with Crippen LogP contribution in [0, 0.1) is 11.3 Å². The quantitative estimate of drug-likeness (QED) is 0.653. The fourth-order valence-electron chi connectivity index (χ4n) is 1.70. The molecule has 1 fully saturated rings. The largest absolute Gasteiger partial charge is 0.317 e. The van der Waals surface area contributed by atoms with Gasteiger partial charge in [0.15, 0.2) is 0 Å². The first-order valence-corrected chi connectivity index (χ1v) is 5.20. The predicted molar refractivity (Wildman–Crippen MR) is 57.0 cm³/mol. The second-order valence-electron chi connectivity index (χ2n) is 4.17. The Labute approximate surface area is 86.3 Å². The van der Waals surface area contributed by atoms with Crippen molar-refractivity contribution < 1.29 is 0 Å². The van der Waals surface area contributed by atoms with Crippen LogP contribution in [0.4, 0.5) is 0 Å². The number of piperidine rings is 1. The molecule has 1 saturated heterocycles. The minimum atomic E-state index is -0.277. The highest BCUT2D eigenvalue weighted by Crippen LogP contribution is 2.16. The molecule has 0 saturated carbocycles.